The van der Waals surface area contributed by atoms with Gasteiger partial charge >= 0.3 is 0 Å². The van der Waals surface area contributed by atoms with Gasteiger partial charge in [0.15, 0.2) is 0 Å². The minimum absolute atomic E-state index is 0.540. The third kappa shape index (κ3) is 3.55. The number of halogens is 3. The number of anilines is 1. The van der Waals surface area contributed by atoms with Gasteiger partial charge in [-0.25, -0.2) is 0 Å². The van der Waals surface area contributed by atoms with Gasteiger partial charge in [-0.15, -0.1) is 0 Å². The van der Waals surface area contributed by atoms with Gasteiger partial charge in [-0.05, 0) is 24.1 Å². The summed E-state index contributed by atoms with van der Waals surface area (Å²) in [6, 6.07) is 13.6. The molecule has 4 heteroatoms. The minimum atomic E-state index is 0.540. The van der Waals surface area contributed by atoms with Gasteiger partial charge in [0.2, 0.25) is 0 Å². The Hall–Kier alpha value is -0.890. The Bertz CT molecular complexity index is 503. The summed E-state index contributed by atoms with van der Waals surface area (Å²) in [6.07, 6.45) is 0.913. The SMILES string of the molecule is Clc1cc(Cl)c(NCCc2ccccc2)c(Cl)c1. The molecule has 0 fully saturated rings. The summed E-state index contributed by atoms with van der Waals surface area (Å²) in [6.45, 7) is 0.769. The Morgan fingerprint density at radius 3 is 2.11 bits per heavy atom. The fraction of sp³-hybridized carbons (Fsp3) is 0.143. The predicted molar refractivity (Wildman–Crippen MR) is 80.1 cm³/mol. The molecule has 2 aromatic carbocycles. The van der Waals surface area contributed by atoms with Crippen LogP contribution in [0.4, 0.5) is 5.69 Å². The normalized spacial score (nSPS) is 10.4. The summed E-state index contributed by atoms with van der Waals surface area (Å²) >= 11 is 18.0. The standard InChI is InChI=1S/C14H12Cl3N/c15-11-8-12(16)14(13(17)9-11)18-7-6-10-4-2-1-3-5-10/h1-5,8-9,18H,6-7H2. The van der Waals surface area contributed by atoms with Gasteiger partial charge < -0.3 is 5.32 Å². The molecule has 0 spiro atoms. The average Bonchev–Trinajstić information content (AvgIpc) is 2.34. The average molecular weight is 301 g/mol. The number of hydrogen-bond acceptors (Lipinski definition) is 1. The van der Waals surface area contributed by atoms with E-state index in [-0.39, 0.29) is 0 Å². The quantitative estimate of drug-likeness (QED) is 0.807. The highest BCUT2D eigenvalue weighted by Gasteiger charge is 2.06. The van der Waals surface area contributed by atoms with Crippen LogP contribution in [0.25, 0.3) is 0 Å². The molecule has 0 saturated heterocycles. The van der Waals surface area contributed by atoms with E-state index in [0.29, 0.717) is 15.1 Å². The van der Waals surface area contributed by atoms with Crippen molar-refractivity contribution < 1.29 is 0 Å². The molecule has 0 saturated carbocycles. The van der Waals surface area contributed by atoms with Crippen molar-refractivity contribution in [3.8, 4) is 0 Å². The molecule has 18 heavy (non-hydrogen) atoms. The zero-order chi connectivity index (χ0) is 13.0. The van der Waals surface area contributed by atoms with Crippen molar-refractivity contribution in [2.24, 2.45) is 0 Å². The molecule has 0 atom stereocenters. The van der Waals surface area contributed by atoms with Gasteiger partial charge in [0.25, 0.3) is 0 Å². The number of rotatable bonds is 4. The molecule has 94 valence electrons. The van der Waals surface area contributed by atoms with E-state index < -0.39 is 0 Å². The van der Waals surface area contributed by atoms with Crippen molar-refractivity contribution >= 4 is 40.5 Å². The fourth-order valence-corrected chi connectivity index (χ4v) is 2.64. The van der Waals surface area contributed by atoms with Crippen LogP contribution in [0.3, 0.4) is 0 Å². The van der Waals surface area contributed by atoms with E-state index in [1.807, 2.05) is 18.2 Å². The van der Waals surface area contributed by atoms with E-state index in [4.69, 9.17) is 34.8 Å². The molecule has 1 N–H and O–H groups in total. The van der Waals surface area contributed by atoms with Gasteiger partial charge in [0.05, 0.1) is 15.7 Å². The molecule has 0 aliphatic carbocycles. The minimum Gasteiger partial charge on any atom is -0.382 e. The Morgan fingerprint density at radius 2 is 1.50 bits per heavy atom. The van der Waals surface area contributed by atoms with Gasteiger partial charge in [-0.2, -0.15) is 0 Å². The maximum Gasteiger partial charge on any atom is 0.0720 e. The number of nitrogens with one attached hydrogen (secondary N) is 1. The van der Waals surface area contributed by atoms with Crippen molar-refractivity contribution in [2.45, 2.75) is 6.42 Å². The summed E-state index contributed by atoms with van der Waals surface area (Å²) in [5.74, 6) is 0. The first-order valence-electron chi connectivity index (χ1n) is 5.59. The summed E-state index contributed by atoms with van der Waals surface area (Å²) in [4.78, 5) is 0. The topological polar surface area (TPSA) is 12.0 Å². The third-order valence-electron chi connectivity index (χ3n) is 2.57. The molecule has 0 aliphatic heterocycles. The summed E-state index contributed by atoms with van der Waals surface area (Å²) < 4.78 is 0. The molecule has 0 unspecified atom stereocenters. The Kier molecular flexibility index (Phi) is 4.76. The van der Waals surface area contributed by atoms with Gasteiger partial charge in [0.1, 0.15) is 0 Å². The maximum atomic E-state index is 6.09. The van der Waals surface area contributed by atoms with Crippen LogP contribution in [0.15, 0.2) is 42.5 Å². The molecule has 2 rings (SSSR count). The third-order valence-corrected chi connectivity index (χ3v) is 3.38. The highest BCUT2D eigenvalue weighted by molar-refractivity contribution is 6.41. The van der Waals surface area contributed by atoms with E-state index in [2.05, 4.69) is 17.4 Å². The highest BCUT2D eigenvalue weighted by Crippen LogP contribution is 2.33. The van der Waals surface area contributed by atoms with Gasteiger partial charge in [-0.1, -0.05) is 65.1 Å². The zero-order valence-corrected chi connectivity index (χ0v) is 11.9. The smallest absolute Gasteiger partial charge is 0.0720 e. The van der Waals surface area contributed by atoms with E-state index in [1.165, 1.54) is 5.56 Å². The van der Waals surface area contributed by atoms with Crippen LogP contribution in [0.1, 0.15) is 5.56 Å². The first-order chi connectivity index (χ1) is 8.66. The largest absolute Gasteiger partial charge is 0.382 e. The second-order valence-electron chi connectivity index (χ2n) is 3.91. The van der Waals surface area contributed by atoms with Crippen LogP contribution in [0.5, 0.6) is 0 Å². The van der Waals surface area contributed by atoms with Crippen LogP contribution in [0.2, 0.25) is 15.1 Å². The van der Waals surface area contributed by atoms with Crippen LogP contribution < -0.4 is 5.32 Å². The van der Waals surface area contributed by atoms with Gasteiger partial charge in [0, 0.05) is 11.6 Å². The summed E-state index contributed by atoms with van der Waals surface area (Å²) in [5, 5.41) is 4.86. The zero-order valence-electron chi connectivity index (χ0n) is 9.59. The van der Waals surface area contributed by atoms with Crippen molar-refractivity contribution in [1.82, 2.24) is 0 Å². The maximum absolute atomic E-state index is 6.09. The lowest BCUT2D eigenvalue weighted by molar-refractivity contribution is 1.02. The van der Waals surface area contributed by atoms with E-state index in [1.54, 1.807) is 12.1 Å². The Morgan fingerprint density at radius 1 is 0.889 bits per heavy atom. The molecular weight excluding hydrogens is 289 g/mol. The van der Waals surface area contributed by atoms with E-state index in [9.17, 15) is 0 Å². The lowest BCUT2D eigenvalue weighted by atomic mass is 10.1. The molecule has 0 radical (unpaired) electrons. The molecule has 2 aromatic rings. The molecular formula is C14H12Cl3N. The highest BCUT2D eigenvalue weighted by atomic mass is 35.5. The molecule has 0 aromatic heterocycles. The van der Waals surface area contributed by atoms with Crippen molar-refractivity contribution in [3.63, 3.8) is 0 Å². The molecule has 0 amide bonds. The van der Waals surface area contributed by atoms with Gasteiger partial charge in [-0.3, -0.25) is 0 Å². The lowest BCUT2D eigenvalue weighted by Gasteiger charge is -2.10. The fourth-order valence-electron chi connectivity index (χ4n) is 1.69. The van der Waals surface area contributed by atoms with Crippen molar-refractivity contribution in [1.29, 1.82) is 0 Å². The van der Waals surface area contributed by atoms with Crippen LogP contribution in [-0.4, -0.2) is 6.54 Å². The number of benzene rings is 2. The second-order valence-corrected chi connectivity index (χ2v) is 5.16. The van der Waals surface area contributed by atoms with E-state index >= 15 is 0 Å². The summed E-state index contributed by atoms with van der Waals surface area (Å²) in [5.41, 5.74) is 2.00. The monoisotopic (exact) mass is 299 g/mol. The predicted octanol–water partition coefficient (Wildman–Crippen LogP) is 5.30. The van der Waals surface area contributed by atoms with Crippen LogP contribution in [0, 0.1) is 0 Å². The Balaban J connectivity index is 1.99. The van der Waals surface area contributed by atoms with Crippen LogP contribution >= 0.6 is 34.8 Å². The molecule has 1 nitrogen and oxygen atoms in total. The second kappa shape index (κ2) is 6.33. The van der Waals surface area contributed by atoms with E-state index in [0.717, 1.165) is 18.7 Å². The van der Waals surface area contributed by atoms with Crippen LogP contribution in [-0.2, 0) is 6.42 Å². The first-order valence-corrected chi connectivity index (χ1v) is 6.72. The molecule has 0 heterocycles. The number of hydrogen-bond donors (Lipinski definition) is 1. The Labute approximate surface area is 122 Å². The van der Waals surface area contributed by atoms with Crippen molar-refractivity contribution in [3.05, 3.63) is 63.1 Å². The lowest BCUT2D eigenvalue weighted by Crippen LogP contribution is -2.05. The van der Waals surface area contributed by atoms with Crippen molar-refractivity contribution in [2.75, 3.05) is 11.9 Å². The molecule has 0 aliphatic rings. The summed E-state index contributed by atoms with van der Waals surface area (Å²) in [7, 11) is 0. The first kappa shape index (κ1) is 13.5. The molecule has 0 bridgehead atoms.